The zero-order chi connectivity index (χ0) is 28.7. The summed E-state index contributed by atoms with van der Waals surface area (Å²) in [7, 11) is 0. The molecule has 4 aliphatic rings. The van der Waals surface area contributed by atoms with Gasteiger partial charge in [0.2, 0.25) is 0 Å². The average Bonchev–Trinajstić information content (AvgIpc) is 3.03. The van der Waals surface area contributed by atoms with E-state index in [1.165, 1.54) is 13.0 Å². The summed E-state index contributed by atoms with van der Waals surface area (Å²) in [6.07, 6.45) is -0.790. The van der Waals surface area contributed by atoms with E-state index in [9.17, 15) is 34.5 Å². The molecule has 0 radical (unpaired) electrons. The van der Waals surface area contributed by atoms with Crippen LogP contribution in [0.5, 0.6) is 0 Å². The summed E-state index contributed by atoms with van der Waals surface area (Å²) in [6, 6.07) is 0. The Bertz CT molecular complexity index is 1160. The summed E-state index contributed by atoms with van der Waals surface area (Å²) in [5, 5.41) is 43.2. The minimum absolute atomic E-state index is 0.00468. The van der Waals surface area contributed by atoms with Gasteiger partial charge in [0.15, 0.2) is 11.6 Å². The van der Waals surface area contributed by atoms with Crippen LogP contribution in [0.25, 0.3) is 0 Å². The van der Waals surface area contributed by atoms with Crippen LogP contribution in [0.4, 0.5) is 0 Å². The molecule has 4 N–H and O–H groups in total. The first-order chi connectivity index (χ1) is 17.4. The third-order valence-electron chi connectivity index (χ3n) is 11.3. The molecule has 0 aromatic heterocycles. The van der Waals surface area contributed by atoms with Gasteiger partial charge in [-0.2, -0.15) is 0 Å². The highest BCUT2D eigenvalue weighted by Gasteiger charge is 2.73. The fourth-order valence-electron chi connectivity index (χ4n) is 8.71. The van der Waals surface area contributed by atoms with Crippen molar-refractivity contribution in [2.75, 3.05) is 0 Å². The van der Waals surface area contributed by atoms with Gasteiger partial charge >= 0.3 is 5.97 Å². The van der Waals surface area contributed by atoms with Crippen molar-refractivity contribution < 1.29 is 39.6 Å². The van der Waals surface area contributed by atoms with Gasteiger partial charge in [-0.15, -0.1) is 0 Å². The Labute approximate surface area is 224 Å². The Morgan fingerprint density at radius 1 is 1.08 bits per heavy atom. The molecule has 4 aliphatic carbocycles. The normalized spacial score (nSPS) is 43.3. The molecule has 0 saturated heterocycles. The van der Waals surface area contributed by atoms with Gasteiger partial charge in [-0.05, 0) is 67.4 Å². The summed E-state index contributed by atoms with van der Waals surface area (Å²) < 4.78 is 0. The van der Waals surface area contributed by atoms with Gasteiger partial charge in [-0.3, -0.25) is 19.2 Å². The Kier molecular flexibility index (Phi) is 6.78. The smallest absolute Gasteiger partial charge is 0.306 e. The maximum Gasteiger partial charge on any atom is 0.306 e. The molecule has 0 spiro atoms. The van der Waals surface area contributed by atoms with Crippen molar-refractivity contribution in [1.82, 2.24) is 0 Å². The second-order valence-corrected chi connectivity index (χ2v) is 13.5. The molecular formula is C30H42O8. The first kappa shape index (κ1) is 28.8. The highest BCUT2D eigenvalue weighted by Crippen LogP contribution is 2.70. The van der Waals surface area contributed by atoms with Crippen molar-refractivity contribution in [2.24, 2.45) is 39.4 Å². The number of ketones is 3. The molecule has 9 atom stereocenters. The third-order valence-corrected chi connectivity index (χ3v) is 11.3. The summed E-state index contributed by atoms with van der Waals surface area (Å²) >= 11 is 0. The molecule has 4 rings (SSSR count). The lowest BCUT2D eigenvalue weighted by atomic mass is 9.42. The van der Waals surface area contributed by atoms with Gasteiger partial charge in [0, 0.05) is 23.8 Å². The number of rotatable bonds is 5. The minimum atomic E-state index is -1.53. The fourth-order valence-corrected chi connectivity index (χ4v) is 8.71. The van der Waals surface area contributed by atoms with E-state index in [1.807, 2.05) is 20.8 Å². The van der Waals surface area contributed by atoms with E-state index in [0.717, 1.165) is 0 Å². The first-order valence-electron chi connectivity index (χ1n) is 13.7. The predicted molar refractivity (Wildman–Crippen MR) is 139 cm³/mol. The van der Waals surface area contributed by atoms with E-state index in [-0.39, 0.29) is 24.5 Å². The zero-order valence-corrected chi connectivity index (χ0v) is 23.5. The van der Waals surface area contributed by atoms with Crippen LogP contribution in [0.15, 0.2) is 22.8 Å². The fraction of sp³-hybridized carbons (Fsp3) is 0.733. The highest BCUT2D eigenvalue weighted by atomic mass is 16.4. The predicted octanol–water partition coefficient (Wildman–Crippen LogP) is 3.02. The first-order valence-corrected chi connectivity index (χ1v) is 13.7. The number of Topliss-reactive ketones (excluding diaryl/α,β-unsaturated/α-hetero) is 2. The maximum atomic E-state index is 14.1. The van der Waals surface area contributed by atoms with Crippen molar-refractivity contribution in [3.05, 3.63) is 22.8 Å². The van der Waals surface area contributed by atoms with Crippen LogP contribution in [0, 0.1) is 39.4 Å². The molecule has 0 bridgehead atoms. The number of allylic oxidation sites excluding steroid dienone is 2. The lowest BCUT2D eigenvalue weighted by molar-refractivity contribution is -0.156. The van der Waals surface area contributed by atoms with Crippen LogP contribution < -0.4 is 0 Å². The Balaban J connectivity index is 1.85. The van der Waals surface area contributed by atoms with E-state index < -0.39 is 69.3 Å². The van der Waals surface area contributed by atoms with Crippen LogP contribution in [0.3, 0.4) is 0 Å². The molecular weight excluding hydrogens is 488 g/mol. The summed E-state index contributed by atoms with van der Waals surface area (Å²) in [5.74, 6) is -3.88. The zero-order valence-electron chi connectivity index (χ0n) is 23.5. The van der Waals surface area contributed by atoms with E-state index in [4.69, 9.17) is 5.11 Å². The van der Waals surface area contributed by atoms with Crippen molar-refractivity contribution in [2.45, 2.75) is 98.9 Å². The summed E-state index contributed by atoms with van der Waals surface area (Å²) in [5.41, 5.74) is -2.67. The summed E-state index contributed by atoms with van der Waals surface area (Å²) in [4.78, 5) is 51.9. The van der Waals surface area contributed by atoms with E-state index >= 15 is 0 Å². The van der Waals surface area contributed by atoms with Crippen LogP contribution in [0.2, 0.25) is 0 Å². The molecule has 0 aliphatic heterocycles. The second-order valence-electron chi connectivity index (χ2n) is 13.5. The number of aliphatic hydroxyl groups is 3. The van der Waals surface area contributed by atoms with Crippen molar-refractivity contribution in [3.63, 3.8) is 0 Å². The monoisotopic (exact) mass is 530 g/mol. The average molecular weight is 531 g/mol. The Morgan fingerprint density at radius 2 is 1.68 bits per heavy atom. The van der Waals surface area contributed by atoms with Crippen molar-refractivity contribution in [3.8, 4) is 0 Å². The number of fused-ring (bicyclic) bond motifs is 4. The molecule has 0 aromatic carbocycles. The number of aliphatic carboxylic acids is 1. The van der Waals surface area contributed by atoms with Gasteiger partial charge in [0.05, 0.1) is 23.5 Å². The molecule has 2 fully saturated rings. The minimum Gasteiger partial charge on any atom is -0.481 e. The molecule has 8 nitrogen and oxygen atoms in total. The van der Waals surface area contributed by atoms with Gasteiger partial charge < -0.3 is 20.4 Å². The highest BCUT2D eigenvalue weighted by molar-refractivity contribution is 6.08. The van der Waals surface area contributed by atoms with Gasteiger partial charge in [-0.25, -0.2) is 0 Å². The molecule has 38 heavy (non-hydrogen) atoms. The standard InChI is InChI=1S/C30H42O8/c1-14(10-16(31)11-15(2)26(37)38)17-12-21(34)30(7)22-18(32)13-19-27(3,4)20(33)8-9-28(19,5)23(22)24(35)25(36)29(17,30)6/h10,15,17-20,25,32-33,36H,8-9,11-13H2,1-7H3,(H,37,38). The SMILES string of the molecule is CC(=CC(=O)CC(C)C(=O)O)C1CC(=O)C2(C)C3=C(C(=O)C(O)C12C)C1(C)CCC(O)C(C)(C)C1CC3O. The van der Waals surface area contributed by atoms with Crippen LogP contribution in [-0.4, -0.2) is 62.1 Å². The number of carbonyl (C=O) groups is 4. The molecule has 9 unspecified atom stereocenters. The number of carbonyl (C=O) groups excluding carboxylic acids is 3. The second kappa shape index (κ2) is 8.93. The third kappa shape index (κ3) is 3.59. The largest absolute Gasteiger partial charge is 0.481 e. The van der Waals surface area contributed by atoms with E-state index in [2.05, 4.69) is 0 Å². The topological polar surface area (TPSA) is 149 Å². The Hall–Kier alpha value is -2.16. The van der Waals surface area contributed by atoms with Crippen molar-refractivity contribution >= 4 is 23.3 Å². The molecule has 8 heteroatoms. The quantitative estimate of drug-likeness (QED) is 0.396. The summed E-state index contributed by atoms with van der Waals surface area (Å²) in [6.45, 7) is 12.4. The number of aliphatic hydroxyl groups excluding tert-OH is 3. The molecule has 2 saturated carbocycles. The van der Waals surface area contributed by atoms with Crippen LogP contribution in [-0.2, 0) is 19.2 Å². The van der Waals surface area contributed by atoms with Crippen LogP contribution in [0.1, 0.15) is 80.6 Å². The molecule has 0 heterocycles. The molecule has 0 amide bonds. The van der Waals surface area contributed by atoms with Crippen LogP contribution >= 0.6 is 0 Å². The van der Waals surface area contributed by atoms with Gasteiger partial charge in [-0.1, -0.05) is 40.2 Å². The lowest BCUT2D eigenvalue weighted by Gasteiger charge is -2.62. The maximum absolute atomic E-state index is 14.1. The number of hydrogen-bond acceptors (Lipinski definition) is 7. The van der Waals surface area contributed by atoms with Crippen molar-refractivity contribution in [1.29, 1.82) is 0 Å². The van der Waals surface area contributed by atoms with Gasteiger partial charge in [0.25, 0.3) is 0 Å². The number of hydrogen-bond donors (Lipinski definition) is 4. The molecule has 0 aromatic rings. The molecule has 210 valence electrons. The number of carboxylic acids is 1. The lowest BCUT2D eigenvalue weighted by Crippen LogP contribution is -2.64. The number of carboxylic acid groups (broad SMARTS) is 1. The van der Waals surface area contributed by atoms with E-state index in [0.29, 0.717) is 36.0 Å². The Morgan fingerprint density at radius 3 is 2.26 bits per heavy atom. The van der Waals surface area contributed by atoms with Gasteiger partial charge in [0.1, 0.15) is 11.9 Å². The van der Waals surface area contributed by atoms with E-state index in [1.54, 1.807) is 20.8 Å².